The second kappa shape index (κ2) is 6.60. The van der Waals surface area contributed by atoms with Gasteiger partial charge in [0.2, 0.25) is 6.23 Å². The van der Waals surface area contributed by atoms with Crippen LogP contribution in [0.4, 0.5) is 13.2 Å². The average Bonchev–Trinajstić information content (AvgIpc) is 2.95. The van der Waals surface area contributed by atoms with E-state index in [1.54, 1.807) is 0 Å². The molecule has 0 bridgehead atoms. The highest BCUT2D eigenvalue weighted by molar-refractivity contribution is 5.81. The first-order chi connectivity index (χ1) is 9.91. The fourth-order valence-electron chi connectivity index (χ4n) is 2.42. The van der Waals surface area contributed by atoms with Crippen molar-refractivity contribution < 1.29 is 22.7 Å². The van der Waals surface area contributed by atoms with Crippen LogP contribution in [-0.2, 0) is 9.53 Å². The summed E-state index contributed by atoms with van der Waals surface area (Å²) in [6.45, 7) is 2.65. The molecule has 0 radical (unpaired) electrons. The Balaban J connectivity index is 1.79. The van der Waals surface area contributed by atoms with Crippen LogP contribution >= 0.6 is 0 Å². The second-order valence-electron chi connectivity index (χ2n) is 5.03. The molecule has 2 saturated heterocycles. The van der Waals surface area contributed by atoms with Gasteiger partial charge in [-0.15, -0.1) is 0 Å². The van der Waals surface area contributed by atoms with Crippen molar-refractivity contribution in [2.45, 2.75) is 24.9 Å². The standard InChI is InChI=1S/C12H17F3N4O2/c13-12(14,15)11-17-8-9(21-11)10(20)19-6-4-18(5-7-19)3-1-2-16/h9,11,17H,1,3-8H2/t9-,11+/m0/s1. The van der Waals surface area contributed by atoms with Gasteiger partial charge in [-0.1, -0.05) is 0 Å². The summed E-state index contributed by atoms with van der Waals surface area (Å²) < 4.78 is 42.1. The van der Waals surface area contributed by atoms with E-state index in [1.807, 2.05) is 0 Å². The maximum Gasteiger partial charge on any atom is 0.428 e. The summed E-state index contributed by atoms with van der Waals surface area (Å²) >= 11 is 0. The maximum atomic E-state index is 12.5. The summed E-state index contributed by atoms with van der Waals surface area (Å²) in [7, 11) is 0. The molecule has 6 nitrogen and oxygen atoms in total. The number of carbonyl (C=O) groups excluding carboxylic acids is 1. The number of hydrogen-bond acceptors (Lipinski definition) is 5. The van der Waals surface area contributed by atoms with E-state index in [1.165, 1.54) is 4.90 Å². The van der Waals surface area contributed by atoms with E-state index in [2.05, 4.69) is 16.3 Å². The molecule has 2 atom stereocenters. The fraction of sp³-hybridized carbons (Fsp3) is 0.833. The van der Waals surface area contributed by atoms with Gasteiger partial charge in [0.25, 0.3) is 5.91 Å². The van der Waals surface area contributed by atoms with Gasteiger partial charge in [0.05, 0.1) is 6.07 Å². The second-order valence-corrected chi connectivity index (χ2v) is 5.03. The SMILES string of the molecule is N#CCCN1CCN(C(=O)[C@@H]2CN[C@@H](C(F)(F)F)O2)CC1. The Morgan fingerprint density at radius 2 is 2.00 bits per heavy atom. The van der Waals surface area contributed by atoms with Crippen LogP contribution in [0.1, 0.15) is 6.42 Å². The Morgan fingerprint density at radius 1 is 1.33 bits per heavy atom. The summed E-state index contributed by atoms with van der Waals surface area (Å²) in [5.41, 5.74) is 0. The van der Waals surface area contributed by atoms with Crippen molar-refractivity contribution in [2.75, 3.05) is 39.3 Å². The Bertz CT molecular complexity index is 416. The van der Waals surface area contributed by atoms with Crippen LogP contribution in [0, 0.1) is 11.3 Å². The molecule has 0 aromatic carbocycles. The summed E-state index contributed by atoms with van der Waals surface area (Å²) in [5.74, 6) is -0.408. The van der Waals surface area contributed by atoms with E-state index in [0.717, 1.165) is 0 Å². The molecule has 0 saturated carbocycles. The smallest absolute Gasteiger partial charge is 0.339 e. The predicted molar refractivity (Wildman–Crippen MR) is 66.0 cm³/mol. The third-order valence-electron chi connectivity index (χ3n) is 3.59. The Labute approximate surface area is 120 Å². The zero-order valence-corrected chi connectivity index (χ0v) is 11.4. The largest absolute Gasteiger partial charge is 0.428 e. The number of piperazine rings is 1. The third-order valence-corrected chi connectivity index (χ3v) is 3.59. The van der Waals surface area contributed by atoms with Crippen molar-refractivity contribution in [3.8, 4) is 6.07 Å². The number of alkyl halides is 3. The molecule has 0 aliphatic carbocycles. The number of amides is 1. The lowest BCUT2D eigenvalue weighted by molar-refractivity contribution is -0.221. The van der Waals surface area contributed by atoms with Crippen LogP contribution in [-0.4, -0.2) is 73.5 Å². The minimum atomic E-state index is -4.51. The summed E-state index contributed by atoms with van der Waals surface area (Å²) in [6, 6.07) is 2.06. The van der Waals surface area contributed by atoms with Crippen LogP contribution in [0.25, 0.3) is 0 Å². The molecule has 2 rings (SSSR count). The zero-order valence-electron chi connectivity index (χ0n) is 11.4. The van der Waals surface area contributed by atoms with Crippen molar-refractivity contribution in [3.63, 3.8) is 0 Å². The van der Waals surface area contributed by atoms with Crippen molar-refractivity contribution in [1.82, 2.24) is 15.1 Å². The molecule has 1 N–H and O–H groups in total. The Kier molecular flexibility index (Phi) is 5.03. The highest BCUT2D eigenvalue weighted by Gasteiger charge is 2.47. The van der Waals surface area contributed by atoms with E-state index in [-0.39, 0.29) is 6.54 Å². The molecular formula is C12H17F3N4O2. The summed E-state index contributed by atoms with van der Waals surface area (Å²) in [5, 5.41) is 10.7. The highest BCUT2D eigenvalue weighted by atomic mass is 19.4. The average molecular weight is 306 g/mol. The molecule has 0 unspecified atom stereocenters. The van der Waals surface area contributed by atoms with Gasteiger partial charge < -0.3 is 9.64 Å². The molecule has 2 aliphatic heterocycles. The Morgan fingerprint density at radius 3 is 2.52 bits per heavy atom. The van der Waals surface area contributed by atoms with Crippen molar-refractivity contribution in [1.29, 1.82) is 5.26 Å². The topological polar surface area (TPSA) is 68.6 Å². The highest BCUT2D eigenvalue weighted by Crippen LogP contribution is 2.25. The molecule has 21 heavy (non-hydrogen) atoms. The number of rotatable bonds is 3. The van der Waals surface area contributed by atoms with Gasteiger partial charge in [-0.05, 0) is 0 Å². The van der Waals surface area contributed by atoms with Gasteiger partial charge in [-0.2, -0.15) is 18.4 Å². The van der Waals surface area contributed by atoms with Crippen LogP contribution in [0.5, 0.6) is 0 Å². The van der Waals surface area contributed by atoms with E-state index in [9.17, 15) is 18.0 Å². The molecular weight excluding hydrogens is 289 g/mol. The number of hydrogen-bond donors (Lipinski definition) is 1. The van der Waals surface area contributed by atoms with Gasteiger partial charge in [-0.25, -0.2) is 0 Å². The normalized spacial score (nSPS) is 27.6. The van der Waals surface area contributed by atoms with Gasteiger partial charge >= 0.3 is 6.18 Å². The number of nitriles is 1. The summed E-state index contributed by atoms with van der Waals surface area (Å²) in [4.78, 5) is 15.7. The fourth-order valence-corrected chi connectivity index (χ4v) is 2.42. The van der Waals surface area contributed by atoms with Crippen molar-refractivity contribution in [2.24, 2.45) is 0 Å². The minimum absolute atomic E-state index is 0.127. The van der Waals surface area contributed by atoms with Crippen molar-refractivity contribution in [3.05, 3.63) is 0 Å². The molecule has 2 aliphatic rings. The van der Waals surface area contributed by atoms with Gasteiger partial charge in [-0.3, -0.25) is 15.0 Å². The van der Waals surface area contributed by atoms with E-state index < -0.39 is 24.4 Å². The molecule has 0 aromatic rings. The van der Waals surface area contributed by atoms with Gasteiger partial charge in [0.15, 0.2) is 6.10 Å². The number of nitrogens with zero attached hydrogens (tertiary/aromatic N) is 3. The lowest BCUT2D eigenvalue weighted by atomic mass is 10.2. The number of halogens is 3. The molecule has 9 heteroatoms. The van der Waals surface area contributed by atoms with Gasteiger partial charge in [0.1, 0.15) is 0 Å². The summed E-state index contributed by atoms with van der Waals surface area (Å²) in [6.07, 6.45) is -7.23. The first-order valence-corrected chi connectivity index (χ1v) is 6.75. The number of nitrogens with one attached hydrogen (secondary N) is 1. The van der Waals surface area contributed by atoms with Crippen molar-refractivity contribution >= 4 is 5.91 Å². The monoisotopic (exact) mass is 306 g/mol. The van der Waals surface area contributed by atoms with E-state index >= 15 is 0 Å². The number of ether oxygens (including phenoxy) is 1. The van der Waals surface area contributed by atoms with Crippen LogP contribution in [0.3, 0.4) is 0 Å². The van der Waals surface area contributed by atoms with Crippen LogP contribution < -0.4 is 5.32 Å². The molecule has 2 fully saturated rings. The predicted octanol–water partition coefficient (Wildman–Crippen LogP) is -0.0789. The van der Waals surface area contributed by atoms with Crippen LogP contribution in [0.15, 0.2) is 0 Å². The van der Waals surface area contributed by atoms with Gasteiger partial charge in [0, 0.05) is 45.7 Å². The first kappa shape index (κ1) is 16.0. The first-order valence-electron chi connectivity index (χ1n) is 6.75. The van der Waals surface area contributed by atoms with Crippen LogP contribution in [0.2, 0.25) is 0 Å². The molecule has 0 spiro atoms. The third kappa shape index (κ3) is 4.06. The zero-order chi connectivity index (χ0) is 15.5. The molecule has 118 valence electrons. The molecule has 2 heterocycles. The number of carbonyl (C=O) groups is 1. The quantitative estimate of drug-likeness (QED) is 0.790. The maximum absolute atomic E-state index is 12.5. The molecule has 1 amide bonds. The lowest BCUT2D eigenvalue weighted by Crippen LogP contribution is -2.52. The Hall–Kier alpha value is -1.37. The lowest BCUT2D eigenvalue weighted by Gasteiger charge is -2.35. The molecule has 0 aromatic heterocycles. The van der Waals surface area contributed by atoms with E-state index in [4.69, 9.17) is 10.00 Å². The minimum Gasteiger partial charge on any atom is -0.339 e. The van der Waals surface area contributed by atoms with E-state index in [0.29, 0.717) is 39.1 Å².